The van der Waals surface area contributed by atoms with Crippen molar-refractivity contribution in [2.75, 3.05) is 0 Å². The van der Waals surface area contributed by atoms with Gasteiger partial charge in [-0.1, -0.05) is 18.2 Å². The average Bonchev–Trinajstić information content (AvgIpc) is 3.28. The number of pyridine rings is 4. The first kappa shape index (κ1) is 20.2. The van der Waals surface area contributed by atoms with Gasteiger partial charge in [0.05, 0.1) is 32.4 Å². The van der Waals surface area contributed by atoms with Gasteiger partial charge in [-0.15, -0.1) is 11.3 Å². The van der Waals surface area contributed by atoms with Crippen LogP contribution in [0.3, 0.4) is 0 Å². The number of thiazole rings is 1. The summed E-state index contributed by atoms with van der Waals surface area (Å²) in [6.45, 7) is 1.95. The second kappa shape index (κ2) is 7.86. The molecule has 0 aliphatic carbocycles. The Bertz CT molecular complexity index is 1830. The van der Waals surface area contributed by atoms with Gasteiger partial charge in [-0.25, -0.2) is 9.97 Å². The van der Waals surface area contributed by atoms with Gasteiger partial charge in [0.2, 0.25) is 5.56 Å². The molecule has 34 heavy (non-hydrogen) atoms. The fourth-order valence-electron chi connectivity index (χ4n) is 4.06. The number of nitrogens with one attached hydrogen (secondary N) is 2. The van der Waals surface area contributed by atoms with Crippen molar-refractivity contribution in [3.8, 4) is 33.0 Å². The molecule has 0 amide bonds. The van der Waals surface area contributed by atoms with Crippen LogP contribution < -0.4 is 11.1 Å². The minimum Gasteiger partial charge on any atom is -0.322 e. The third-order valence-electron chi connectivity index (χ3n) is 5.66. The van der Waals surface area contributed by atoms with Gasteiger partial charge in [-0.3, -0.25) is 14.6 Å². The molecule has 0 unspecified atom stereocenters. The van der Waals surface area contributed by atoms with Crippen LogP contribution in [0.4, 0.5) is 0 Å². The lowest BCUT2D eigenvalue weighted by Crippen LogP contribution is -2.13. The number of rotatable bonds is 3. The molecule has 6 rings (SSSR count). The van der Waals surface area contributed by atoms with E-state index in [-0.39, 0.29) is 11.1 Å². The van der Waals surface area contributed by atoms with Crippen molar-refractivity contribution in [1.82, 2.24) is 24.9 Å². The summed E-state index contributed by atoms with van der Waals surface area (Å²) in [6, 6.07) is 18.6. The Kier molecular flexibility index (Phi) is 4.67. The maximum Gasteiger partial charge on any atom is 0.258 e. The molecular formula is C26H17N5O2S. The van der Waals surface area contributed by atoms with E-state index in [4.69, 9.17) is 4.98 Å². The summed E-state index contributed by atoms with van der Waals surface area (Å²) >= 11 is 1.55. The lowest BCUT2D eigenvalue weighted by molar-refractivity contribution is 1.19. The van der Waals surface area contributed by atoms with E-state index < -0.39 is 0 Å². The fraction of sp³-hybridized carbons (Fsp3) is 0.0385. The highest BCUT2D eigenvalue weighted by molar-refractivity contribution is 7.15. The quantitative estimate of drug-likeness (QED) is 0.387. The Hall–Kier alpha value is -4.43. The fourth-order valence-corrected chi connectivity index (χ4v) is 4.84. The highest BCUT2D eigenvalue weighted by atomic mass is 32.1. The molecule has 0 radical (unpaired) electrons. The van der Waals surface area contributed by atoms with E-state index in [1.807, 2.05) is 37.3 Å². The summed E-state index contributed by atoms with van der Waals surface area (Å²) in [6.07, 6.45) is 3.58. The predicted octanol–water partition coefficient (Wildman–Crippen LogP) is 4.93. The van der Waals surface area contributed by atoms with Crippen molar-refractivity contribution >= 4 is 33.3 Å². The molecule has 0 aliphatic heterocycles. The molecule has 0 atom stereocenters. The number of aromatic amines is 2. The Morgan fingerprint density at radius 2 is 1.74 bits per heavy atom. The number of hydrogen-bond acceptors (Lipinski definition) is 6. The smallest absolute Gasteiger partial charge is 0.258 e. The monoisotopic (exact) mass is 463 g/mol. The summed E-state index contributed by atoms with van der Waals surface area (Å²) in [7, 11) is 0. The molecule has 0 spiro atoms. The van der Waals surface area contributed by atoms with Crippen LogP contribution in [0, 0.1) is 6.92 Å². The van der Waals surface area contributed by atoms with Gasteiger partial charge in [-0.05, 0) is 48.9 Å². The number of aromatic nitrogens is 5. The largest absolute Gasteiger partial charge is 0.322 e. The van der Waals surface area contributed by atoms with E-state index in [0.29, 0.717) is 16.9 Å². The molecule has 164 valence electrons. The molecule has 0 fully saturated rings. The van der Waals surface area contributed by atoms with Crippen LogP contribution in [0.25, 0.3) is 54.9 Å². The molecule has 6 aromatic rings. The van der Waals surface area contributed by atoms with Gasteiger partial charge in [0, 0.05) is 34.8 Å². The van der Waals surface area contributed by atoms with E-state index in [1.165, 1.54) is 6.07 Å². The standard InChI is InChI=1S/C26H17N5O2S/c1-14-28-13-22(34-14)24-18(15-7-8-20-16(10-15)4-3-9-27-20)11-17-12-19(26(33)31-25(17)30-24)21-5-2-6-23(32)29-21/h2-13H,1H3,(H,29,32)(H,30,31,33). The third-order valence-corrected chi connectivity index (χ3v) is 6.58. The lowest BCUT2D eigenvalue weighted by Gasteiger charge is -2.11. The van der Waals surface area contributed by atoms with Gasteiger partial charge in [0.15, 0.2) is 0 Å². The van der Waals surface area contributed by atoms with Crippen molar-refractivity contribution in [1.29, 1.82) is 0 Å². The second-order valence-electron chi connectivity index (χ2n) is 7.92. The van der Waals surface area contributed by atoms with Gasteiger partial charge < -0.3 is 9.97 Å². The summed E-state index contributed by atoms with van der Waals surface area (Å²) in [5, 5.41) is 2.71. The van der Waals surface area contributed by atoms with Crippen LogP contribution in [-0.2, 0) is 0 Å². The highest BCUT2D eigenvalue weighted by Gasteiger charge is 2.16. The topological polar surface area (TPSA) is 104 Å². The molecule has 0 saturated carbocycles. The van der Waals surface area contributed by atoms with Crippen LogP contribution in [0.2, 0.25) is 0 Å². The maximum absolute atomic E-state index is 12.9. The molecule has 0 saturated heterocycles. The first-order valence-corrected chi connectivity index (χ1v) is 11.4. The van der Waals surface area contributed by atoms with E-state index in [0.717, 1.165) is 43.0 Å². The average molecular weight is 464 g/mol. The molecule has 0 bridgehead atoms. The van der Waals surface area contributed by atoms with Crippen molar-refractivity contribution in [2.24, 2.45) is 0 Å². The molecule has 5 heterocycles. The van der Waals surface area contributed by atoms with E-state index in [2.05, 4.69) is 26.0 Å². The summed E-state index contributed by atoms with van der Waals surface area (Å²) < 4.78 is 0. The predicted molar refractivity (Wildman–Crippen MR) is 135 cm³/mol. The Morgan fingerprint density at radius 3 is 2.56 bits per heavy atom. The van der Waals surface area contributed by atoms with E-state index in [1.54, 1.807) is 41.9 Å². The number of fused-ring (bicyclic) bond motifs is 2. The van der Waals surface area contributed by atoms with Crippen LogP contribution >= 0.6 is 11.3 Å². The van der Waals surface area contributed by atoms with Gasteiger partial charge in [-0.2, -0.15) is 0 Å². The first-order valence-electron chi connectivity index (χ1n) is 10.6. The van der Waals surface area contributed by atoms with Crippen LogP contribution in [0.1, 0.15) is 5.01 Å². The second-order valence-corrected chi connectivity index (χ2v) is 9.15. The number of nitrogens with zero attached hydrogens (tertiary/aromatic N) is 3. The zero-order valence-corrected chi connectivity index (χ0v) is 18.8. The number of hydrogen-bond donors (Lipinski definition) is 2. The summed E-state index contributed by atoms with van der Waals surface area (Å²) in [5.74, 6) is 0. The van der Waals surface area contributed by atoms with E-state index in [9.17, 15) is 9.59 Å². The normalized spacial score (nSPS) is 11.3. The molecule has 8 heteroatoms. The van der Waals surface area contributed by atoms with Crippen LogP contribution in [0.15, 0.2) is 82.6 Å². The SMILES string of the molecule is Cc1ncc(-c2nc3[nH]c(=O)c(-c4cccc(=O)[nH]4)cc3cc2-c2ccc3ncccc3c2)s1. The third kappa shape index (κ3) is 3.50. The molecule has 2 N–H and O–H groups in total. The van der Waals surface area contributed by atoms with Crippen LogP contribution in [-0.4, -0.2) is 24.9 Å². The molecule has 1 aromatic carbocycles. The highest BCUT2D eigenvalue weighted by Crippen LogP contribution is 2.36. The molecule has 0 aliphatic rings. The van der Waals surface area contributed by atoms with Crippen LogP contribution in [0.5, 0.6) is 0 Å². The first-order chi connectivity index (χ1) is 16.5. The van der Waals surface area contributed by atoms with Gasteiger partial charge in [0.25, 0.3) is 5.56 Å². The van der Waals surface area contributed by atoms with Gasteiger partial charge >= 0.3 is 0 Å². The van der Waals surface area contributed by atoms with Crippen molar-refractivity contribution in [2.45, 2.75) is 6.92 Å². The summed E-state index contributed by atoms with van der Waals surface area (Å²) in [4.78, 5) is 44.9. The molecular weight excluding hydrogens is 446 g/mol. The molecule has 7 nitrogen and oxygen atoms in total. The number of aryl methyl sites for hydroxylation is 1. The maximum atomic E-state index is 12.9. The summed E-state index contributed by atoms with van der Waals surface area (Å²) in [5.41, 5.74) is 4.28. The number of benzene rings is 1. The Labute approximate surface area is 196 Å². The zero-order valence-electron chi connectivity index (χ0n) is 18.0. The van der Waals surface area contributed by atoms with Crippen molar-refractivity contribution in [3.63, 3.8) is 0 Å². The van der Waals surface area contributed by atoms with E-state index >= 15 is 0 Å². The van der Waals surface area contributed by atoms with Gasteiger partial charge in [0.1, 0.15) is 5.65 Å². The minimum absolute atomic E-state index is 0.267. The Morgan fingerprint density at radius 1 is 0.853 bits per heavy atom. The number of H-pyrrole nitrogens is 2. The lowest BCUT2D eigenvalue weighted by atomic mass is 9.99. The van der Waals surface area contributed by atoms with Crippen molar-refractivity contribution in [3.05, 3.63) is 98.8 Å². The van der Waals surface area contributed by atoms with Crippen molar-refractivity contribution < 1.29 is 0 Å². The molecule has 5 aromatic heterocycles. The minimum atomic E-state index is -0.321. The Balaban J connectivity index is 1.63. The zero-order chi connectivity index (χ0) is 23.2.